The molecule has 0 radical (unpaired) electrons. The summed E-state index contributed by atoms with van der Waals surface area (Å²) in [5, 5.41) is 10.8. The molecule has 3 N–H and O–H groups in total. The number of carbonyl (C=O) groups is 2. The molecule has 0 saturated heterocycles. The highest BCUT2D eigenvalue weighted by molar-refractivity contribution is 6.03. The summed E-state index contributed by atoms with van der Waals surface area (Å²) < 4.78 is 0. The highest BCUT2D eigenvalue weighted by Gasteiger charge is 2.28. The average molecular weight is 530 g/mol. The SMILES string of the molecule is CCN1CCN(CC(O)CCc2ccccc2CN)C(=O)c2ccc(C(=O)N(C)CCc3cccnc3)cc21. The van der Waals surface area contributed by atoms with Crippen LogP contribution in [0.3, 0.4) is 0 Å². The maximum Gasteiger partial charge on any atom is 0.256 e. The van der Waals surface area contributed by atoms with E-state index in [0.717, 1.165) is 28.8 Å². The molecular weight excluding hydrogens is 490 g/mol. The van der Waals surface area contributed by atoms with Gasteiger partial charge in [-0.2, -0.15) is 0 Å². The highest BCUT2D eigenvalue weighted by Crippen LogP contribution is 2.27. The van der Waals surface area contributed by atoms with Crippen molar-refractivity contribution in [2.45, 2.75) is 38.8 Å². The number of aryl methyl sites for hydroxylation is 1. The first-order valence-corrected chi connectivity index (χ1v) is 13.7. The second kappa shape index (κ2) is 13.4. The van der Waals surface area contributed by atoms with Crippen molar-refractivity contribution in [3.8, 4) is 0 Å². The molecule has 8 heteroatoms. The molecule has 1 aliphatic heterocycles. The van der Waals surface area contributed by atoms with Gasteiger partial charge in [0.1, 0.15) is 0 Å². The number of aromatic nitrogens is 1. The molecule has 2 aromatic carbocycles. The number of anilines is 1. The van der Waals surface area contributed by atoms with Crippen LogP contribution in [0.1, 0.15) is 50.8 Å². The maximum atomic E-state index is 13.6. The van der Waals surface area contributed by atoms with Crippen LogP contribution in [0.2, 0.25) is 0 Å². The number of likely N-dealkylation sites (N-methyl/N-ethyl adjacent to an activating group) is 2. The van der Waals surface area contributed by atoms with Gasteiger partial charge in [-0.05, 0) is 67.1 Å². The Bertz CT molecular complexity index is 1270. The molecule has 0 bridgehead atoms. The minimum absolute atomic E-state index is 0.0838. The molecule has 1 unspecified atom stereocenters. The predicted molar refractivity (Wildman–Crippen MR) is 154 cm³/mol. The van der Waals surface area contributed by atoms with E-state index in [-0.39, 0.29) is 18.4 Å². The van der Waals surface area contributed by atoms with E-state index in [1.807, 2.05) is 55.6 Å². The summed E-state index contributed by atoms with van der Waals surface area (Å²) in [6.45, 7) is 5.19. The van der Waals surface area contributed by atoms with E-state index < -0.39 is 6.10 Å². The number of hydrogen-bond acceptors (Lipinski definition) is 6. The second-order valence-corrected chi connectivity index (χ2v) is 10.1. The molecule has 0 spiro atoms. The molecular formula is C31H39N5O3. The normalized spacial score (nSPS) is 14.1. The fourth-order valence-corrected chi connectivity index (χ4v) is 5.08. The third-order valence-corrected chi connectivity index (χ3v) is 7.45. The number of β-amino-alcohol motifs (C(OH)–C–C–N with tert-alkyl or cyclic N) is 1. The monoisotopic (exact) mass is 529 g/mol. The van der Waals surface area contributed by atoms with E-state index in [9.17, 15) is 14.7 Å². The van der Waals surface area contributed by atoms with Crippen molar-refractivity contribution in [3.05, 3.63) is 94.8 Å². The van der Waals surface area contributed by atoms with Gasteiger partial charge in [0.15, 0.2) is 0 Å². The number of aliphatic hydroxyl groups is 1. The van der Waals surface area contributed by atoms with Crippen molar-refractivity contribution in [2.24, 2.45) is 5.73 Å². The Morgan fingerprint density at radius 1 is 1.08 bits per heavy atom. The first-order valence-electron chi connectivity index (χ1n) is 13.7. The van der Waals surface area contributed by atoms with Crippen LogP contribution < -0.4 is 10.6 Å². The van der Waals surface area contributed by atoms with Crippen molar-refractivity contribution in [1.29, 1.82) is 0 Å². The van der Waals surface area contributed by atoms with E-state index in [1.165, 1.54) is 0 Å². The third-order valence-electron chi connectivity index (χ3n) is 7.45. The number of fused-ring (bicyclic) bond motifs is 1. The average Bonchev–Trinajstić information content (AvgIpc) is 3.10. The third kappa shape index (κ3) is 7.02. The van der Waals surface area contributed by atoms with E-state index in [2.05, 4.69) is 9.88 Å². The molecule has 1 atom stereocenters. The molecule has 4 rings (SSSR count). The van der Waals surface area contributed by atoms with E-state index in [1.54, 1.807) is 35.2 Å². The minimum atomic E-state index is -0.647. The molecule has 1 aliphatic rings. The van der Waals surface area contributed by atoms with Gasteiger partial charge in [-0.25, -0.2) is 0 Å². The fraction of sp³-hybridized carbons (Fsp3) is 0.387. The number of nitrogens with two attached hydrogens (primary N) is 1. The second-order valence-electron chi connectivity index (χ2n) is 10.1. The lowest BCUT2D eigenvalue weighted by atomic mass is 10.0. The largest absolute Gasteiger partial charge is 0.391 e. The molecule has 8 nitrogen and oxygen atoms in total. The summed E-state index contributed by atoms with van der Waals surface area (Å²) in [6, 6.07) is 17.2. The van der Waals surface area contributed by atoms with Crippen molar-refractivity contribution in [1.82, 2.24) is 14.8 Å². The van der Waals surface area contributed by atoms with E-state index >= 15 is 0 Å². The lowest BCUT2D eigenvalue weighted by Gasteiger charge is -2.25. The number of rotatable bonds is 11. The first kappa shape index (κ1) is 28.3. The Balaban J connectivity index is 1.43. The molecule has 39 heavy (non-hydrogen) atoms. The zero-order chi connectivity index (χ0) is 27.8. The molecule has 0 fully saturated rings. The smallest absolute Gasteiger partial charge is 0.256 e. The van der Waals surface area contributed by atoms with Gasteiger partial charge in [0.25, 0.3) is 11.8 Å². The van der Waals surface area contributed by atoms with Crippen LogP contribution >= 0.6 is 0 Å². The standard InChI is InChI=1S/C31H39N5O3/c1-3-35-17-18-36(22-27(37)12-10-24-8-4-5-9-26(24)20-32)31(39)28-13-11-25(19-29(28)35)30(38)34(2)16-14-23-7-6-15-33-21-23/h4-9,11,13,15,19,21,27,37H,3,10,12,14,16-18,20,22,32H2,1-2H3. The van der Waals surface area contributed by atoms with Crippen molar-refractivity contribution >= 4 is 17.5 Å². The number of nitrogens with zero attached hydrogens (tertiary/aromatic N) is 4. The Morgan fingerprint density at radius 3 is 2.56 bits per heavy atom. The van der Waals surface area contributed by atoms with Crippen LogP contribution in [0.15, 0.2) is 67.0 Å². The number of pyridine rings is 1. The Labute approximate surface area is 231 Å². The molecule has 3 aromatic rings. The summed E-state index contributed by atoms with van der Waals surface area (Å²) in [4.78, 5) is 36.5. The maximum absolute atomic E-state index is 13.6. The fourth-order valence-electron chi connectivity index (χ4n) is 5.08. The van der Waals surface area contributed by atoms with Crippen molar-refractivity contribution < 1.29 is 14.7 Å². The first-order chi connectivity index (χ1) is 18.9. The van der Waals surface area contributed by atoms with Crippen molar-refractivity contribution in [2.75, 3.05) is 44.7 Å². The van der Waals surface area contributed by atoms with Crippen molar-refractivity contribution in [3.63, 3.8) is 0 Å². The van der Waals surface area contributed by atoms with Gasteiger partial charge in [0.2, 0.25) is 0 Å². The topological polar surface area (TPSA) is 103 Å². The van der Waals surface area contributed by atoms with Gasteiger partial charge in [-0.15, -0.1) is 0 Å². The lowest BCUT2D eigenvalue weighted by Crippen LogP contribution is -2.39. The summed E-state index contributed by atoms with van der Waals surface area (Å²) in [6.07, 6.45) is 4.87. The van der Waals surface area contributed by atoms with Crippen LogP contribution in [-0.4, -0.2) is 77.6 Å². The van der Waals surface area contributed by atoms with Crippen LogP contribution in [0, 0.1) is 0 Å². The Morgan fingerprint density at radius 2 is 1.85 bits per heavy atom. The van der Waals surface area contributed by atoms with E-state index in [0.29, 0.717) is 56.7 Å². The molecule has 2 amide bonds. The van der Waals surface area contributed by atoms with Gasteiger partial charge >= 0.3 is 0 Å². The summed E-state index contributed by atoms with van der Waals surface area (Å²) in [5.74, 6) is -0.203. The number of benzene rings is 2. The highest BCUT2D eigenvalue weighted by atomic mass is 16.3. The quantitative estimate of drug-likeness (QED) is 0.396. The molecule has 0 aliphatic carbocycles. The van der Waals surface area contributed by atoms with Gasteiger partial charge in [-0.1, -0.05) is 30.3 Å². The zero-order valence-electron chi connectivity index (χ0n) is 22.9. The Kier molecular flexibility index (Phi) is 9.68. The molecule has 0 saturated carbocycles. The van der Waals surface area contributed by atoms with Gasteiger partial charge < -0.3 is 25.5 Å². The number of amides is 2. The number of carbonyl (C=O) groups excluding carboxylic acids is 2. The molecule has 2 heterocycles. The summed E-state index contributed by atoms with van der Waals surface area (Å²) in [5.41, 5.74) is 11.0. The van der Waals surface area contributed by atoms with E-state index in [4.69, 9.17) is 5.73 Å². The number of hydrogen-bond donors (Lipinski definition) is 2. The van der Waals surface area contributed by atoms with Gasteiger partial charge in [0.05, 0.1) is 17.4 Å². The minimum Gasteiger partial charge on any atom is -0.391 e. The van der Waals surface area contributed by atoms with Gasteiger partial charge in [-0.3, -0.25) is 14.6 Å². The van der Waals surface area contributed by atoms with Crippen LogP contribution in [0.25, 0.3) is 0 Å². The van der Waals surface area contributed by atoms with Crippen LogP contribution in [-0.2, 0) is 19.4 Å². The number of aliphatic hydroxyl groups excluding tert-OH is 1. The molecule has 206 valence electrons. The lowest BCUT2D eigenvalue weighted by molar-refractivity contribution is 0.0623. The zero-order valence-corrected chi connectivity index (χ0v) is 22.9. The Hall–Kier alpha value is -3.75. The van der Waals surface area contributed by atoms with Crippen LogP contribution in [0.4, 0.5) is 5.69 Å². The predicted octanol–water partition coefficient (Wildman–Crippen LogP) is 3.13. The summed E-state index contributed by atoms with van der Waals surface area (Å²) >= 11 is 0. The summed E-state index contributed by atoms with van der Waals surface area (Å²) in [7, 11) is 1.79. The molecule has 1 aromatic heterocycles. The van der Waals surface area contributed by atoms with Crippen LogP contribution in [0.5, 0.6) is 0 Å². The van der Waals surface area contributed by atoms with Gasteiger partial charge in [0, 0.05) is 64.3 Å².